The fourth-order valence-electron chi connectivity index (χ4n) is 2.04. The zero-order valence-electron chi connectivity index (χ0n) is 12.9. The summed E-state index contributed by atoms with van der Waals surface area (Å²) in [5.41, 5.74) is 1.48. The summed E-state index contributed by atoms with van der Waals surface area (Å²) in [5, 5.41) is 2.86. The Hall–Kier alpha value is -2.69. The molecular weight excluding hydrogens is 282 g/mol. The Bertz CT molecular complexity index is 655. The number of hydrogen-bond donors (Lipinski definition) is 1. The number of rotatable bonds is 6. The van der Waals surface area contributed by atoms with Crippen LogP contribution >= 0.6 is 0 Å². The molecule has 0 atom stereocenters. The minimum atomic E-state index is -0.177. The highest BCUT2D eigenvalue weighted by atomic mass is 16.5. The molecule has 0 spiro atoms. The van der Waals surface area contributed by atoms with Crippen LogP contribution in [0.15, 0.2) is 42.5 Å². The van der Waals surface area contributed by atoms with Crippen molar-refractivity contribution in [1.82, 2.24) is 5.32 Å². The summed E-state index contributed by atoms with van der Waals surface area (Å²) in [7, 11) is 4.71. The summed E-state index contributed by atoms with van der Waals surface area (Å²) in [6.07, 6.45) is 0. The predicted molar refractivity (Wildman–Crippen MR) is 83.7 cm³/mol. The fourth-order valence-corrected chi connectivity index (χ4v) is 2.04. The molecule has 1 N–H and O–H groups in total. The molecule has 5 heteroatoms. The quantitative estimate of drug-likeness (QED) is 0.891. The number of hydrogen-bond acceptors (Lipinski definition) is 4. The van der Waals surface area contributed by atoms with E-state index in [0.29, 0.717) is 23.6 Å². The highest BCUT2D eigenvalue weighted by molar-refractivity contribution is 5.94. The van der Waals surface area contributed by atoms with Gasteiger partial charge in [0.15, 0.2) is 11.5 Å². The smallest absolute Gasteiger partial charge is 0.251 e. The van der Waals surface area contributed by atoms with Crippen molar-refractivity contribution in [2.24, 2.45) is 0 Å². The number of methoxy groups -OCH3 is 3. The lowest BCUT2D eigenvalue weighted by Gasteiger charge is -2.10. The average molecular weight is 301 g/mol. The SMILES string of the molecule is COc1cccc(CNC(=O)c2ccc(OC)c(OC)c2)c1. The number of benzene rings is 2. The Balaban J connectivity index is 2.05. The van der Waals surface area contributed by atoms with Crippen molar-refractivity contribution in [1.29, 1.82) is 0 Å². The number of amides is 1. The third kappa shape index (κ3) is 3.69. The second kappa shape index (κ2) is 7.36. The van der Waals surface area contributed by atoms with Gasteiger partial charge in [0.25, 0.3) is 5.91 Å². The first-order chi connectivity index (χ1) is 10.7. The van der Waals surface area contributed by atoms with E-state index in [9.17, 15) is 4.79 Å². The number of carbonyl (C=O) groups is 1. The molecule has 0 fully saturated rings. The fraction of sp³-hybridized carbons (Fsp3) is 0.235. The third-order valence-electron chi connectivity index (χ3n) is 3.23. The maximum atomic E-state index is 12.2. The molecule has 0 bridgehead atoms. The van der Waals surface area contributed by atoms with E-state index in [1.807, 2.05) is 24.3 Å². The van der Waals surface area contributed by atoms with Gasteiger partial charge in [0.1, 0.15) is 5.75 Å². The molecule has 0 aliphatic heterocycles. The van der Waals surface area contributed by atoms with Crippen LogP contribution in [0.25, 0.3) is 0 Å². The van der Waals surface area contributed by atoms with Gasteiger partial charge in [-0.3, -0.25) is 4.79 Å². The lowest BCUT2D eigenvalue weighted by molar-refractivity contribution is 0.0950. The lowest BCUT2D eigenvalue weighted by Crippen LogP contribution is -2.22. The maximum absolute atomic E-state index is 12.2. The van der Waals surface area contributed by atoms with Gasteiger partial charge in [-0.2, -0.15) is 0 Å². The number of carbonyl (C=O) groups excluding carboxylic acids is 1. The van der Waals surface area contributed by atoms with Crippen molar-refractivity contribution >= 4 is 5.91 Å². The Labute approximate surface area is 129 Å². The van der Waals surface area contributed by atoms with Crippen LogP contribution in [-0.4, -0.2) is 27.2 Å². The summed E-state index contributed by atoms with van der Waals surface area (Å²) < 4.78 is 15.5. The van der Waals surface area contributed by atoms with E-state index >= 15 is 0 Å². The molecule has 0 aliphatic carbocycles. The van der Waals surface area contributed by atoms with E-state index in [-0.39, 0.29) is 5.91 Å². The van der Waals surface area contributed by atoms with Crippen LogP contribution in [0.3, 0.4) is 0 Å². The molecule has 5 nitrogen and oxygen atoms in total. The van der Waals surface area contributed by atoms with Gasteiger partial charge in [-0.25, -0.2) is 0 Å². The van der Waals surface area contributed by atoms with Crippen molar-refractivity contribution in [2.75, 3.05) is 21.3 Å². The van der Waals surface area contributed by atoms with Crippen LogP contribution in [-0.2, 0) is 6.54 Å². The van der Waals surface area contributed by atoms with Crippen LogP contribution in [0.4, 0.5) is 0 Å². The summed E-state index contributed by atoms with van der Waals surface area (Å²) in [6.45, 7) is 0.421. The van der Waals surface area contributed by atoms with Gasteiger partial charge >= 0.3 is 0 Å². The van der Waals surface area contributed by atoms with E-state index in [4.69, 9.17) is 14.2 Å². The van der Waals surface area contributed by atoms with Gasteiger partial charge < -0.3 is 19.5 Å². The molecule has 0 unspecified atom stereocenters. The van der Waals surface area contributed by atoms with Gasteiger partial charge in [0.2, 0.25) is 0 Å². The largest absolute Gasteiger partial charge is 0.497 e. The van der Waals surface area contributed by atoms with Crippen LogP contribution in [0, 0.1) is 0 Å². The summed E-state index contributed by atoms with van der Waals surface area (Å²) in [4.78, 5) is 12.2. The first-order valence-corrected chi connectivity index (χ1v) is 6.81. The van der Waals surface area contributed by atoms with Crippen molar-refractivity contribution < 1.29 is 19.0 Å². The molecule has 1 amide bonds. The molecule has 22 heavy (non-hydrogen) atoms. The molecular formula is C17H19NO4. The second-order valence-corrected chi connectivity index (χ2v) is 4.60. The van der Waals surface area contributed by atoms with Gasteiger partial charge in [-0.1, -0.05) is 12.1 Å². The van der Waals surface area contributed by atoms with Crippen molar-refractivity contribution in [3.8, 4) is 17.2 Å². The molecule has 0 heterocycles. The average Bonchev–Trinajstić information content (AvgIpc) is 2.59. The summed E-state index contributed by atoms with van der Waals surface area (Å²) >= 11 is 0. The third-order valence-corrected chi connectivity index (χ3v) is 3.23. The van der Waals surface area contributed by atoms with Gasteiger partial charge in [-0.05, 0) is 35.9 Å². The lowest BCUT2D eigenvalue weighted by atomic mass is 10.1. The number of nitrogens with one attached hydrogen (secondary N) is 1. The Morgan fingerprint density at radius 2 is 1.73 bits per heavy atom. The molecule has 0 saturated carbocycles. The van der Waals surface area contributed by atoms with Gasteiger partial charge in [0.05, 0.1) is 21.3 Å². The van der Waals surface area contributed by atoms with Crippen molar-refractivity contribution in [3.05, 3.63) is 53.6 Å². The minimum absolute atomic E-state index is 0.177. The predicted octanol–water partition coefficient (Wildman–Crippen LogP) is 2.64. The summed E-state index contributed by atoms with van der Waals surface area (Å²) in [6, 6.07) is 12.6. The van der Waals surface area contributed by atoms with Crippen LogP contribution in [0.1, 0.15) is 15.9 Å². The van der Waals surface area contributed by atoms with Gasteiger partial charge in [-0.15, -0.1) is 0 Å². The molecule has 0 saturated heterocycles. The molecule has 116 valence electrons. The number of ether oxygens (including phenoxy) is 3. The summed E-state index contributed by atoms with van der Waals surface area (Å²) in [5.74, 6) is 1.70. The Kier molecular flexibility index (Phi) is 5.25. The topological polar surface area (TPSA) is 56.8 Å². The second-order valence-electron chi connectivity index (χ2n) is 4.60. The van der Waals surface area contributed by atoms with E-state index in [2.05, 4.69) is 5.32 Å². The first kappa shape index (κ1) is 15.7. The van der Waals surface area contributed by atoms with Crippen LogP contribution < -0.4 is 19.5 Å². The Morgan fingerprint density at radius 3 is 2.41 bits per heavy atom. The van der Waals surface area contributed by atoms with E-state index in [1.165, 1.54) is 7.11 Å². The maximum Gasteiger partial charge on any atom is 0.251 e. The normalized spacial score (nSPS) is 9.95. The first-order valence-electron chi connectivity index (χ1n) is 6.81. The van der Waals surface area contributed by atoms with Crippen molar-refractivity contribution in [3.63, 3.8) is 0 Å². The molecule has 0 radical (unpaired) electrons. The van der Waals surface area contributed by atoms with E-state index in [0.717, 1.165) is 11.3 Å². The molecule has 2 rings (SSSR count). The molecule has 0 aromatic heterocycles. The van der Waals surface area contributed by atoms with Crippen molar-refractivity contribution in [2.45, 2.75) is 6.54 Å². The zero-order chi connectivity index (χ0) is 15.9. The van der Waals surface area contributed by atoms with E-state index in [1.54, 1.807) is 32.4 Å². The van der Waals surface area contributed by atoms with Crippen LogP contribution in [0.2, 0.25) is 0 Å². The van der Waals surface area contributed by atoms with E-state index < -0.39 is 0 Å². The molecule has 2 aromatic rings. The minimum Gasteiger partial charge on any atom is -0.497 e. The monoisotopic (exact) mass is 301 g/mol. The Morgan fingerprint density at radius 1 is 0.955 bits per heavy atom. The standard InChI is InChI=1S/C17H19NO4/c1-20-14-6-4-5-12(9-14)11-18-17(19)13-7-8-15(21-2)16(10-13)22-3/h4-10H,11H2,1-3H3,(H,18,19). The molecule has 0 aliphatic rings. The van der Waals surface area contributed by atoms with Crippen LogP contribution in [0.5, 0.6) is 17.2 Å². The zero-order valence-corrected chi connectivity index (χ0v) is 12.9. The molecule has 2 aromatic carbocycles. The highest BCUT2D eigenvalue weighted by Gasteiger charge is 2.10. The van der Waals surface area contributed by atoms with Gasteiger partial charge in [0, 0.05) is 12.1 Å². The highest BCUT2D eigenvalue weighted by Crippen LogP contribution is 2.27.